The monoisotopic (exact) mass is 481 g/mol. The molecule has 0 radical (unpaired) electrons. The summed E-state index contributed by atoms with van der Waals surface area (Å²) in [6, 6.07) is 4.66. The van der Waals surface area contributed by atoms with Gasteiger partial charge in [-0.3, -0.25) is 20.6 Å². The van der Waals surface area contributed by atoms with E-state index in [-0.39, 0.29) is 23.2 Å². The lowest BCUT2D eigenvalue weighted by Gasteiger charge is -2.28. The number of allylic oxidation sites excluding steroid dienone is 1. The number of nitrogens with zero attached hydrogens (tertiary/aromatic N) is 4. The van der Waals surface area contributed by atoms with Crippen molar-refractivity contribution in [2.75, 3.05) is 49.0 Å². The number of alkyl halides is 3. The Hall–Kier alpha value is -3.74. The van der Waals surface area contributed by atoms with Crippen molar-refractivity contribution in [1.29, 1.82) is 0 Å². The van der Waals surface area contributed by atoms with Gasteiger partial charge in [0.2, 0.25) is 5.95 Å². The van der Waals surface area contributed by atoms with Crippen LogP contribution in [0.4, 0.5) is 35.0 Å². The molecule has 0 spiro atoms. The second-order valence-electron chi connectivity index (χ2n) is 7.18. The highest BCUT2D eigenvalue weighted by Crippen LogP contribution is 2.30. The van der Waals surface area contributed by atoms with Crippen LogP contribution in [-0.2, 0) is 15.7 Å². The highest BCUT2D eigenvalue weighted by atomic mass is 19.4. The van der Waals surface area contributed by atoms with Gasteiger partial charge in [0.1, 0.15) is 5.71 Å². The molecular formula is C21H23F4N7O2. The van der Waals surface area contributed by atoms with E-state index in [1.54, 1.807) is 11.8 Å². The number of hydrogen-bond donors (Lipinski definition) is 3. The molecule has 9 nitrogen and oxygen atoms in total. The Morgan fingerprint density at radius 2 is 2.00 bits per heavy atom. The molecule has 3 rings (SSSR count). The number of morpholine rings is 1. The van der Waals surface area contributed by atoms with Crippen LogP contribution in [0, 0.1) is 5.82 Å². The fourth-order valence-corrected chi connectivity index (χ4v) is 3.07. The van der Waals surface area contributed by atoms with Gasteiger partial charge in [-0.15, -0.1) is 0 Å². The van der Waals surface area contributed by atoms with E-state index in [1.165, 1.54) is 25.3 Å². The van der Waals surface area contributed by atoms with E-state index < -0.39 is 23.5 Å². The van der Waals surface area contributed by atoms with Crippen LogP contribution in [0.2, 0.25) is 0 Å². The average molecular weight is 481 g/mol. The van der Waals surface area contributed by atoms with Gasteiger partial charge in [0, 0.05) is 31.5 Å². The third-order valence-corrected chi connectivity index (χ3v) is 4.68. The first-order chi connectivity index (χ1) is 16.2. The van der Waals surface area contributed by atoms with Gasteiger partial charge in [-0.05, 0) is 31.2 Å². The molecule has 1 saturated heterocycles. The van der Waals surface area contributed by atoms with Gasteiger partial charge in [0.15, 0.2) is 11.6 Å². The maximum absolute atomic E-state index is 14.1. The Bertz CT molecular complexity index is 1080. The lowest BCUT2D eigenvalue weighted by Crippen LogP contribution is -2.38. The lowest BCUT2D eigenvalue weighted by molar-refractivity contribution is -0.137. The Labute approximate surface area is 192 Å². The quantitative estimate of drug-likeness (QED) is 0.317. The van der Waals surface area contributed by atoms with Crippen molar-refractivity contribution in [3.05, 3.63) is 53.6 Å². The van der Waals surface area contributed by atoms with Gasteiger partial charge in [-0.25, -0.2) is 9.37 Å². The number of halogens is 4. The maximum Gasteiger partial charge on any atom is 0.416 e. The minimum atomic E-state index is -4.47. The number of hydrogen-bond acceptors (Lipinski definition) is 8. The number of anilines is 3. The van der Waals surface area contributed by atoms with Crippen molar-refractivity contribution in [2.45, 2.75) is 13.1 Å². The van der Waals surface area contributed by atoms with E-state index in [4.69, 9.17) is 4.74 Å². The van der Waals surface area contributed by atoms with Crippen LogP contribution in [0.15, 0.2) is 47.2 Å². The summed E-state index contributed by atoms with van der Waals surface area (Å²) in [6.07, 6.45) is -2.12. The predicted molar refractivity (Wildman–Crippen MR) is 119 cm³/mol. The SMILES string of the molecule is CN=C(/C=C(\C)Nc1cccc(C(F)(F)F)c1)C(=O)NNc1ncc(F)c(N2CCOCC2)n1. The fraction of sp³-hybridized carbons (Fsp3) is 0.333. The number of nitrogens with one attached hydrogen (secondary N) is 3. The third-order valence-electron chi connectivity index (χ3n) is 4.68. The number of aliphatic imine (C=N–C) groups is 1. The van der Waals surface area contributed by atoms with Gasteiger partial charge in [-0.2, -0.15) is 18.2 Å². The molecule has 0 saturated carbocycles. The third kappa shape index (κ3) is 6.63. The molecule has 0 atom stereocenters. The van der Waals surface area contributed by atoms with Gasteiger partial charge in [0.25, 0.3) is 5.91 Å². The summed E-state index contributed by atoms with van der Waals surface area (Å²) in [6.45, 7) is 3.40. The van der Waals surface area contributed by atoms with Crippen LogP contribution >= 0.6 is 0 Å². The van der Waals surface area contributed by atoms with E-state index in [0.29, 0.717) is 32.0 Å². The van der Waals surface area contributed by atoms with Crippen LogP contribution in [0.25, 0.3) is 0 Å². The number of ether oxygens (including phenoxy) is 1. The van der Waals surface area contributed by atoms with Gasteiger partial charge >= 0.3 is 6.18 Å². The number of rotatable bonds is 7. The normalized spacial score (nSPS) is 15.2. The molecule has 1 fully saturated rings. The van der Waals surface area contributed by atoms with Crippen LogP contribution < -0.4 is 21.1 Å². The molecule has 1 aromatic heterocycles. The smallest absolute Gasteiger partial charge is 0.378 e. The Balaban J connectivity index is 1.63. The summed E-state index contributed by atoms with van der Waals surface area (Å²) in [5.74, 6) is -1.21. The molecule has 2 heterocycles. The fourth-order valence-electron chi connectivity index (χ4n) is 3.07. The molecular weight excluding hydrogens is 458 g/mol. The summed E-state index contributed by atoms with van der Waals surface area (Å²) in [5, 5.41) is 2.80. The lowest BCUT2D eigenvalue weighted by atomic mass is 10.2. The maximum atomic E-state index is 14.1. The van der Waals surface area contributed by atoms with Crippen molar-refractivity contribution >= 4 is 29.1 Å². The molecule has 0 unspecified atom stereocenters. The van der Waals surface area contributed by atoms with E-state index in [9.17, 15) is 22.4 Å². The molecule has 3 N–H and O–H groups in total. The molecule has 182 valence electrons. The Morgan fingerprint density at radius 3 is 2.68 bits per heavy atom. The molecule has 34 heavy (non-hydrogen) atoms. The summed E-state index contributed by atoms with van der Waals surface area (Å²) in [5.41, 5.74) is 4.63. The molecule has 1 amide bonds. The molecule has 0 bridgehead atoms. The minimum Gasteiger partial charge on any atom is -0.378 e. The zero-order valence-electron chi connectivity index (χ0n) is 18.4. The average Bonchev–Trinajstić information content (AvgIpc) is 2.82. The predicted octanol–water partition coefficient (Wildman–Crippen LogP) is 3.00. The zero-order valence-corrected chi connectivity index (χ0v) is 18.4. The topological polar surface area (TPSA) is 104 Å². The molecule has 0 aliphatic carbocycles. The van der Waals surface area contributed by atoms with Crippen molar-refractivity contribution in [2.24, 2.45) is 4.99 Å². The highest BCUT2D eigenvalue weighted by Gasteiger charge is 2.30. The van der Waals surface area contributed by atoms with E-state index >= 15 is 0 Å². The first kappa shape index (κ1) is 24.9. The van der Waals surface area contributed by atoms with Crippen LogP contribution in [-0.4, -0.2) is 54.9 Å². The van der Waals surface area contributed by atoms with Crippen LogP contribution in [0.5, 0.6) is 0 Å². The van der Waals surface area contributed by atoms with Gasteiger partial charge < -0.3 is 15.0 Å². The van der Waals surface area contributed by atoms with E-state index in [0.717, 1.165) is 18.3 Å². The summed E-state index contributed by atoms with van der Waals surface area (Å²) in [7, 11) is 1.38. The molecule has 13 heteroatoms. The molecule has 1 aliphatic rings. The zero-order chi connectivity index (χ0) is 24.7. The number of aromatic nitrogens is 2. The standard InChI is InChI=1S/C21H23F4N7O2/c1-13(28-15-5-3-4-14(11-15)21(23,24)25)10-17(26-2)19(33)30-31-20-27-12-16(22)18(29-20)32-6-8-34-9-7-32/h3-5,10-12,28H,6-9H2,1-2H3,(H,30,33)(H,27,29,31)/b13-10+,26-17?. The number of carbonyl (C=O) groups excluding carboxylic acids is 1. The molecule has 1 aromatic carbocycles. The number of hydrazine groups is 1. The largest absolute Gasteiger partial charge is 0.416 e. The number of benzene rings is 1. The van der Waals surface area contributed by atoms with Crippen molar-refractivity contribution < 1.29 is 27.1 Å². The second kappa shape index (κ2) is 10.9. The Morgan fingerprint density at radius 1 is 1.26 bits per heavy atom. The Kier molecular flexibility index (Phi) is 7.99. The summed E-state index contributed by atoms with van der Waals surface area (Å²) < 4.78 is 58.1. The second-order valence-corrected chi connectivity index (χ2v) is 7.18. The van der Waals surface area contributed by atoms with Crippen molar-refractivity contribution in [3.63, 3.8) is 0 Å². The first-order valence-corrected chi connectivity index (χ1v) is 10.2. The van der Waals surface area contributed by atoms with Crippen molar-refractivity contribution in [3.8, 4) is 0 Å². The van der Waals surface area contributed by atoms with E-state index in [2.05, 4.69) is 31.1 Å². The van der Waals surface area contributed by atoms with Gasteiger partial charge in [0.05, 0.1) is 25.0 Å². The minimum absolute atomic E-state index is 0.0278. The number of carbonyl (C=O) groups is 1. The van der Waals surface area contributed by atoms with Crippen molar-refractivity contribution in [1.82, 2.24) is 15.4 Å². The molecule has 2 aromatic rings. The van der Waals surface area contributed by atoms with E-state index in [1.807, 2.05) is 0 Å². The van der Waals surface area contributed by atoms with Gasteiger partial charge in [-0.1, -0.05) is 6.07 Å². The molecule has 1 aliphatic heterocycles. The highest BCUT2D eigenvalue weighted by molar-refractivity contribution is 6.43. The van der Waals surface area contributed by atoms with Crippen LogP contribution in [0.3, 0.4) is 0 Å². The van der Waals surface area contributed by atoms with Crippen LogP contribution in [0.1, 0.15) is 12.5 Å². The first-order valence-electron chi connectivity index (χ1n) is 10.2. The number of amides is 1. The summed E-state index contributed by atoms with van der Waals surface area (Å²) in [4.78, 5) is 26.0. The summed E-state index contributed by atoms with van der Waals surface area (Å²) >= 11 is 0.